The number of nitrogens with zero attached hydrogens (tertiary/aromatic N) is 2. The number of nitriles is 1. The van der Waals surface area contributed by atoms with Crippen LogP contribution in [0.15, 0.2) is 48.5 Å². The summed E-state index contributed by atoms with van der Waals surface area (Å²) in [6.07, 6.45) is 1.28. The van der Waals surface area contributed by atoms with Crippen LogP contribution in [0.5, 0.6) is 0 Å². The number of sulfonamides is 1. The first-order chi connectivity index (χ1) is 13.4. The topological polar surface area (TPSA) is 90.3 Å². The smallest absolute Gasteiger partial charge is 0.218 e. The van der Waals surface area contributed by atoms with Crippen LogP contribution in [-0.2, 0) is 15.8 Å². The van der Waals surface area contributed by atoms with Gasteiger partial charge in [-0.3, -0.25) is 4.79 Å². The molecule has 0 unspecified atom stereocenters. The Balaban J connectivity index is 1.64. The first kappa shape index (κ1) is 20.1. The van der Waals surface area contributed by atoms with E-state index in [9.17, 15) is 18.5 Å². The number of carbonyl (C=O) groups excluding carboxylic acids is 1. The third-order valence-electron chi connectivity index (χ3n) is 4.95. The van der Waals surface area contributed by atoms with Crippen LogP contribution in [0.3, 0.4) is 0 Å². The summed E-state index contributed by atoms with van der Waals surface area (Å²) in [7, 11) is -3.35. The van der Waals surface area contributed by atoms with Crippen LogP contribution in [0, 0.1) is 11.3 Å². The Morgan fingerprint density at radius 2 is 1.86 bits per heavy atom. The number of benzene rings is 2. The van der Waals surface area contributed by atoms with Crippen molar-refractivity contribution < 1.29 is 13.2 Å². The maximum Gasteiger partial charge on any atom is 0.218 e. The third kappa shape index (κ3) is 4.77. The van der Waals surface area contributed by atoms with Gasteiger partial charge in [-0.05, 0) is 43.5 Å². The molecule has 146 valence electrons. The molecule has 1 aliphatic rings. The van der Waals surface area contributed by atoms with Crippen molar-refractivity contribution in [2.24, 2.45) is 0 Å². The van der Waals surface area contributed by atoms with Crippen molar-refractivity contribution in [1.29, 1.82) is 5.26 Å². The lowest BCUT2D eigenvalue weighted by atomic mass is 10.0. The summed E-state index contributed by atoms with van der Waals surface area (Å²) in [5, 5.41) is 12.6. The number of rotatable bonds is 6. The van der Waals surface area contributed by atoms with E-state index in [1.54, 1.807) is 18.2 Å². The van der Waals surface area contributed by atoms with Gasteiger partial charge in [-0.25, -0.2) is 12.7 Å². The molecular formula is C21H23N3O3S. The lowest BCUT2D eigenvalue weighted by Gasteiger charge is -2.32. The molecule has 0 aliphatic carbocycles. The molecule has 1 heterocycles. The minimum absolute atomic E-state index is 0.00513. The number of hydrogen-bond donors (Lipinski definition) is 1. The summed E-state index contributed by atoms with van der Waals surface area (Å²) < 4.78 is 26.9. The van der Waals surface area contributed by atoms with Gasteiger partial charge >= 0.3 is 0 Å². The van der Waals surface area contributed by atoms with E-state index >= 15 is 0 Å². The molecule has 0 radical (unpaired) electrons. The van der Waals surface area contributed by atoms with E-state index in [0.717, 1.165) is 5.56 Å². The van der Waals surface area contributed by atoms with Crippen molar-refractivity contribution in [2.45, 2.75) is 31.6 Å². The van der Waals surface area contributed by atoms with Gasteiger partial charge in [-0.1, -0.05) is 30.3 Å². The van der Waals surface area contributed by atoms with Gasteiger partial charge in [0.25, 0.3) is 0 Å². The number of hydrogen-bond acceptors (Lipinski definition) is 5. The Morgan fingerprint density at radius 1 is 1.18 bits per heavy atom. The Hall–Kier alpha value is -2.69. The second kappa shape index (κ2) is 8.55. The second-order valence-electron chi connectivity index (χ2n) is 6.99. The van der Waals surface area contributed by atoms with E-state index in [1.165, 1.54) is 11.2 Å². The van der Waals surface area contributed by atoms with Gasteiger partial charge in [-0.2, -0.15) is 5.26 Å². The van der Waals surface area contributed by atoms with Crippen LogP contribution in [0.4, 0.5) is 5.69 Å². The Labute approximate surface area is 165 Å². The summed E-state index contributed by atoms with van der Waals surface area (Å²) in [4.78, 5) is 11.6. The minimum Gasteiger partial charge on any atom is -0.381 e. The molecule has 2 aromatic rings. The molecule has 0 atom stereocenters. The quantitative estimate of drug-likeness (QED) is 0.756. The fourth-order valence-electron chi connectivity index (χ4n) is 3.35. The van der Waals surface area contributed by atoms with Crippen molar-refractivity contribution in [3.05, 3.63) is 65.2 Å². The number of nitrogens with one attached hydrogen (secondary N) is 1. The molecule has 1 saturated heterocycles. The molecule has 0 aromatic heterocycles. The molecule has 3 rings (SSSR count). The summed E-state index contributed by atoms with van der Waals surface area (Å²) in [5.74, 6) is -0.0556. The third-order valence-corrected chi connectivity index (χ3v) is 6.80. The molecule has 2 aromatic carbocycles. The zero-order valence-electron chi connectivity index (χ0n) is 15.8. The number of ketones is 1. The van der Waals surface area contributed by atoms with Crippen LogP contribution in [0.2, 0.25) is 0 Å². The van der Waals surface area contributed by atoms with Crippen molar-refractivity contribution in [3.63, 3.8) is 0 Å². The fraction of sp³-hybridized carbons (Fsp3) is 0.333. The largest absolute Gasteiger partial charge is 0.381 e. The number of carbonyl (C=O) groups is 1. The highest BCUT2D eigenvalue weighted by Gasteiger charge is 2.28. The molecular weight excluding hydrogens is 374 g/mol. The molecule has 6 nitrogen and oxygen atoms in total. The average molecular weight is 398 g/mol. The monoisotopic (exact) mass is 397 g/mol. The van der Waals surface area contributed by atoms with E-state index in [-0.39, 0.29) is 17.6 Å². The summed E-state index contributed by atoms with van der Waals surface area (Å²) in [6, 6.07) is 16.3. The van der Waals surface area contributed by atoms with Crippen LogP contribution in [0.1, 0.15) is 41.3 Å². The van der Waals surface area contributed by atoms with Gasteiger partial charge in [0, 0.05) is 24.7 Å². The predicted octanol–water partition coefficient (Wildman–Crippen LogP) is 3.17. The number of anilines is 1. The molecule has 1 aliphatic heterocycles. The normalized spacial score (nSPS) is 15.7. The van der Waals surface area contributed by atoms with E-state index < -0.39 is 10.0 Å². The van der Waals surface area contributed by atoms with Gasteiger partial charge in [-0.15, -0.1) is 0 Å². The maximum atomic E-state index is 12.7. The van der Waals surface area contributed by atoms with Gasteiger partial charge in [0.2, 0.25) is 10.0 Å². The lowest BCUT2D eigenvalue weighted by Crippen LogP contribution is -2.42. The first-order valence-corrected chi connectivity index (χ1v) is 10.8. The van der Waals surface area contributed by atoms with E-state index in [4.69, 9.17) is 0 Å². The Morgan fingerprint density at radius 3 is 2.46 bits per heavy atom. The zero-order valence-corrected chi connectivity index (χ0v) is 16.6. The van der Waals surface area contributed by atoms with E-state index in [0.29, 0.717) is 42.7 Å². The number of piperidine rings is 1. The van der Waals surface area contributed by atoms with Crippen LogP contribution < -0.4 is 5.32 Å². The second-order valence-corrected chi connectivity index (χ2v) is 8.96. The Bertz CT molecular complexity index is 989. The molecule has 1 fully saturated rings. The van der Waals surface area contributed by atoms with Crippen molar-refractivity contribution in [1.82, 2.24) is 4.31 Å². The molecule has 7 heteroatoms. The van der Waals surface area contributed by atoms with E-state index in [1.807, 2.05) is 30.3 Å². The average Bonchev–Trinajstić information content (AvgIpc) is 2.68. The summed E-state index contributed by atoms with van der Waals surface area (Å²) >= 11 is 0. The zero-order chi connectivity index (χ0) is 20.1. The highest BCUT2D eigenvalue weighted by atomic mass is 32.2. The van der Waals surface area contributed by atoms with Gasteiger partial charge in [0.1, 0.15) is 6.07 Å². The highest BCUT2D eigenvalue weighted by Crippen LogP contribution is 2.23. The van der Waals surface area contributed by atoms with Gasteiger partial charge in [0.05, 0.1) is 17.0 Å². The molecule has 0 spiro atoms. The van der Waals surface area contributed by atoms with Crippen molar-refractivity contribution in [2.75, 3.05) is 18.4 Å². The van der Waals surface area contributed by atoms with Crippen LogP contribution in [-0.4, -0.2) is 37.6 Å². The first-order valence-electron chi connectivity index (χ1n) is 9.22. The fourth-order valence-corrected chi connectivity index (χ4v) is 4.92. The lowest BCUT2D eigenvalue weighted by molar-refractivity contribution is 0.101. The van der Waals surface area contributed by atoms with Gasteiger partial charge < -0.3 is 5.32 Å². The maximum absolute atomic E-state index is 12.7. The minimum atomic E-state index is -3.35. The predicted molar refractivity (Wildman–Crippen MR) is 108 cm³/mol. The molecule has 0 bridgehead atoms. The molecule has 0 saturated carbocycles. The highest BCUT2D eigenvalue weighted by molar-refractivity contribution is 7.88. The van der Waals surface area contributed by atoms with E-state index in [2.05, 4.69) is 11.4 Å². The molecule has 0 amide bonds. The SMILES string of the molecule is CC(=O)c1ccc(C#N)c(NC2CCN(S(=O)(=O)Cc3ccccc3)CC2)c1. The number of Topliss-reactive ketones (excluding diaryl/α,β-unsaturated/α-hetero) is 1. The molecule has 28 heavy (non-hydrogen) atoms. The summed E-state index contributed by atoms with van der Waals surface area (Å²) in [6.45, 7) is 2.35. The van der Waals surface area contributed by atoms with Crippen molar-refractivity contribution in [3.8, 4) is 6.07 Å². The standard InChI is InChI=1S/C21H23N3O3S/c1-16(25)18-7-8-19(14-22)21(13-18)23-20-9-11-24(12-10-20)28(26,27)15-17-5-3-2-4-6-17/h2-8,13,20,23H,9-12,15H2,1H3. The summed E-state index contributed by atoms with van der Waals surface area (Å²) in [5.41, 5.74) is 2.43. The van der Waals surface area contributed by atoms with Crippen LogP contribution >= 0.6 is 0 Å². The van der Waals surface area contributed by atoms with Crippen LogP contribution in [0.25, 0.3) is 0 Å². The van der Waals surface area contributed by atoms with Gasteiger partial charge in [0.15, 0.2) is 5.78 Å². The van der Waals surface area contributed by atoms with Crippen molar-refractivity contribution >= 4 is 21.5 Å². The molecule has 1 N–H and O–H groups in total. The Kier molecular flexibility index (Phi) is 6.12.